The van der Waals surface area contributed by atoms with Crippen LogP contribution in [0.3, 0.4) is 0 Å². The molecule has 0 bridgehead atoms. The van der Waals surface area contributed by atoms with Gasteiger partial charge in [-0.05, 0) is 63.2 Å². The topological polar surface area (TPSA) is 38.4 Å². The molecule has 0 unspecified atom stereocenters. The van der Waals surface area contributed by atoms with Crippen LogP contribution in [-0.2, 0) is 6.54 Å². The van der Waals surface area contributed by atoms with E-state index in [1.807, 2.05) is 6.20 Å². The van der Waals surface area contributed by atoms with Gasteiger partial charge in [0.1, 0.15) is 0 Å². The Morgan fingerprint density at radius 3 is 2.43 bits per heavy atom. The maximum atomic E-state index is 4.75. The quantitative estimate of drug-likeness (QED) is 0.708. The van der Waals surface area contributed by atoms with Crippen molar-refractivity contribution in [2.75, 3.05) is 51.2 Å². The van der Waals surface area contributed by atoms with Crippen molar-refractivity contribution in [3.63, 3.8) is 0 Å². The number of anilines is 1. The number of nitrogens with one attached hydrogen (secondary N) is 1. The molecule has 5 nitrogen and oxygen atoms in total. The second kappa shape index (κ2) is 8.40. The molecule has 2 aromatic heterocycles. The lowest BCUT2D eigenvalue weighted by Crippen LogP contribution is -2.44. The molecule has 2 aliphatic heterocycles. The number of likely N-dealkylation sites (tertiary alicyclic amines) is 1. The van der Waals surface area contributed by atoms with Crippen LogP contribution in [0.15, 0.2) is 42.6 Å². The Morgan fingerprint density at radius 1 is 0.967 bits per heavy atom. The standard InChI is InChI=1S/C25H33N5/c1-19-8-11-29(12-9-19)18-21-17-23-24(27-21)7-10-26-25(23)20-3-5-22(6-4-20)30-15-13-28(2)14-16-30/h3-7,10,17,19,27H,8-9,11-16,18H2,1-2H3. The number of fused-ring (bicyclic) bond motifs is 1. The average molecular weight is 404 g/mol. The number of hydrogen-bond donors (Lipinski definition) is 1. The number of aromatic nitrogens is 2. The van der Waals surface area contributed by atoms with Crippen LogP contribution < -0.4 is 4.90 Å². The van der Waals surface area contributed by atoms with E-state index >= 15 is 0 Å². The highest BCUT2D eigenvalue weighted by Gasteiger charge is 2.18. The summed E-state index contributed by atoms with van der Waals surface area (Å²) in [7, 11) is 2.20. The molecule has 30 heavy (non-hydrogen) atoms. The first kappa shape index (κ1) is 19.6. The van der Waals surface area contributed by atoms with E-state index in [0.717, 1.165) is 44.3 Å². The van der Waals surface area contributed by atoms with Crippen molar-refractivity contribution in [1.29, 1.82) is 0 Å². The molecule has 2 fully saturated rings. The number of H-pyrrole nitrogens is 1. The lowest BCUT2D eigenvalue weighted by atomic mass is 9.99. The zero-order valence-corrected chi connectivity index (χ0v) is 18.3. The second-order valence-electron chi connectivity index (χ2n) is 9.21. The summed E-state index contributed by atoms with van der Waals surface area (Å²) in [4.78, 5) is 15.8. The fourth-order valence-corrected chi connectivity index (χ4v) is 4.78. The first-order chi connectivity index (χ1) is 14.7. The number of aromatic amines is 1. The molecule has 0 amide bonds. The second-order valence-corrected chi connectivity index (χ2v) is 9.21. The minimum atomic E-state index is 0.869. The largest absolute Gasteiger partial charge is 0.369 e. The minimum Gasteiger partial charge on any atom is -0.369 e. The van der Waals surface area contributed by atoms with Gasteiger partial charge < -0.3 is 14.8 Å². The van der Waals surface area contributed by atoms with Crippen LogP contribution in [0.2, 0.25) is 0 Å². The molecule has 0 atom stereocenters. The van der Waals surface area contributed by atoms with Crippen molar-refractivity contribution in [3.8, 4) is 11.3 Å². The summed E-state index contributed by atoms with van der Waals surface area (Å²) in [5.41, 5.74) is 6.06. The molecule has 3 aromatic rings. The molecule has 0 aliphatic carbocycles. The zero-order chi connectivity index (χ0) is 20.5. The number of benzene rings is 1. The van der Waals surface area contributed by atoms with E-state index in [9.17, 15) is 0 Å². The Bertz CT molecular complexity index is 976. The number of piperazine rings is 1. The third-order valence-corrected chi connectivity index (χ3v) is 6.88. The molecule has 158 valence electrons. The van der Waals surface area contributed by atoms with Crippen molar-refractivity contribution in [2.45, 2.75) is 26.3 Å². The first-order valence-corrected chi connectivity index (χ1v) is 11.4. The summed E-state index contributed by atoms with van der Waals surface area (Å²) >= 11 is 0. The third-order valence-electron chi connectivity index (χ3n) is 6.88. The zero-order valence-electron chi connectivity index (χ0n) is 18.3. The number of rotatable bonds is 4. The summed E-state index contributed by atoms with van der Waals surface area (Å²) in [6, 6.07) is 13.4. The van der Waals surface area contributed by atoms with Gasteiger partial charge >= 0.3 is 0 Å². The van der Waals surface area contributed by atoms with Crippen LogP contribution in [-0.4, -0.2) is 66.1 Å². The fraction of sp³-hybridized carbons (Fsp3) is 0.480. The van der Waals surface area contributed by atoms with Gasteiger partial charge in [-0.3, -0.25) is 9.88 Å². The smallest absolute Gasteiger partial charge is 0.0795 e. The maximum absolute atomic E-state index is 4.75. The molecule has 0 spiro atoms. The van der Waals surface area contributed by atoms with Crippen molar-refractivity contribution in [2.24, 2.45) is 5.92 Å². The minimum absolute atomic E-state index is 0.869. The number of likely N-dealkylation sites (N-methyl/N-ethyl adjacent to an activating group) is 1. The number of piperidine rings is 1. The van der Waals surface area contributed by atoms with Crippen molar-refractivity contribution in [1.82, 2.24) is 19.8 Å². The molecule has 1 N–H and O–H groups in total. The van der Waals surface area contributed by atoms with Crippen LogP contribution >= 0.6 is 0 Å². The summed E-state index contributed by atoms with van der Waals surface area (Å²) < 4.78 is 0. The molecule has 4 heterocycles. The van der Waals surface area contributed by atoms with Gasteiger partial charge in [-0.1, -0.05) is 19.1 Å². The van der Waals surface area contributed by atoms with E-state index in [4.69, 9.17) is 4.98 Å². The van der Waals surface area contributed by atoms with Crippen LogP contribution in [0.1, 0.15) is 25.5 Å². The van der Waals surface area contributed by atoms with Crippen LogP contribution in [0.5, 0.6) is 0 Å². The van der Waals surface area contributed by atoms with Gasteiger partial charge in [0, 0.05) is 66.8 Å². The summed E-state index contributed by atoms with van der Waals surface area (Å²) in [5.74, 6) is 0.869. The molecule has 5 rings (SSSR count). The molecule has 5 heteroatoms. The van der Waals surface area contributed by atoms with E-state index < -0.39 is 0 Å². The van der Waals surface area contributed by atoms with Crippen molar-refractivity contribution >= 4 is 16.6 Å². The predicted octanol–water partition coefficient (Wildman–Crippen LogP) is 4.21. The van der Waals surface area contributed by atoms with Gasteiger partial charge in [-0.25, -0.2) is 0 Å². The van der Waals surface area contributed by atoms with Crippen molar-refractivity contribution in [3.05, 3.63) is 48.3 Å². The Morgan fingerprint density at radius 2 is 1.70 bits per heavy atom. The van der Waals surface area contributed by atoms with Gasteiger partial charge in [-0.15, -0.1) is 0 Å². The van der Waals surface area contributed by atoms with Crippen LogP contribution in [0.4, 0.5) is 5.69 Å². The van der Waals surface area contributed by atoms with Gasteiger partial charge in [0.25, 0.3) is 0 Å². The SMILES string of the molecule is CC1CCN(Cc2cc3c(-c4ccc(N5CCN(C)CC5)cc4)nccc3[nH]2)CC1. The Balaban J connectivity index is 1.36. The highest BCUT2D eigenvalue weighted by Crippen LogP contribution is 2.30. The number of pyridine rings is 1. The molecular formula is C25H33N5. The summed E-state index contributed by atoms with van der Waals surface area (Å²) in [5, 5.41) is 1.23. The monoisotopic (exact) mass is 403 g/mol. The first-order valence-electron chi connectivity index (χ1n) is 11.4. The van der Waals surface area contributed by atoms with Crippen LogP contribution in [0.25, 0.3) is 22.2 Å². The average Bonchev–Trinajstić information content (AvgIpc) is 3.19. The molecule has 2 aliphatic rings. The van der Waals surface area contributed by atoms with Gasteiger partial charge in [0.15, 0.2) is 0 Å². The highest BCUT2D eigenvalue weighted by atomic mass is 15.2. The Hall–Kier alpha value is -2.37. The van der Waals surface area contributed by atoms with E-state index in [0.29, 0.717) is 0 Å². The third kappa shape index (κ3) is 4.09. The predicted molar refractivity (Wildman–Crippen MR) is 125 cm³/mol. The van der Waals surface area contributed by atoms with E-state index in [1.165, 1.54) is 53.8 Å². The highest BCUT2D eigenvalue weighted by molar-refractivity contribution is 5.93. The maximum Gasteiger partial charge on any atom is 0.0795 e. The van der Waals surface area contributed by atoms with E-state index in [-0.39, 0.29) is 0 Å². The summed E-state index contributed by atoms with van der Waals surface area (Å²) in [6.45, 7) is 10.2. The summed E-state index contributed by atoms with van der Waals surface area (Å²) in [6.07, 6.45) is 4.55. The molecule has 2 saturated heterocycles. The normalized spacial score (nSPS) is 19.6. The Labute approximate surface area is 179 Å². The molecule has 0 radical (unpaired) electrons. The van der Waals surface area contributed by atoms with Crippen molar-refractivity contribution < 1.29 is 0 Å². The van der Waals surface area contributed by atoms with E-state index in [1.54, 1.807) is 0 Å². The molecule has 0 saturated carbocycles. The lowest BCUT2D eigenvalue weighted by molar-refractivity contribution is 0.184. The van der Waals surface area contributed by atoms with Crippen LogP contribution in [0, 0.1) is 5.92 Å². The fourth-order valence-electron chi connectivity index (χ4n) is 4.78. The lowest BCUT2D eigenvalue weighted by Gasteiger charge is -2.34. The number of nitrogens with zero attached hydrogens (tertiary/aromatic N) is 4. The Kier molecular flexibility index (Phi) is 5.48. The molecular weight excluding hydrogens is 370 g/mol. The molecule has 1 aromatic carbocycles. The number of hydrogen-bond acceptors (Lipinski definition) is 4. The van der Waals surface area contributed by atoms with E-state index in [2.05, 4.69) is 70.1 Å². The van der Waals surface area contributed by atoms with Gasteiger partial charge in [0.05, 0.1) is 5.69 Å². The van der Waals surface area contributed by atoms with Gasteiger partial charge in [-0.2, -0.15) is 0 Å². The van der Waals surface area contributed by atoms with Gasteiger partial charge in [0.2, 0.25) is 0 Å².